The Bertz CT molecular complexity index is 482. The number of aromatic amines is 1. The Morgan fingerprint density at radius 1 is 1.38 bits per heavy atom. The van der Waals surface area contributed by atoms with E-state index in [0.29, 0.717) is 12.5 Å². The van der Waals surface area contributed by atoms with Gasteiger partial charge in [0.2, 0.25) is 0 Å². The van der Waals surface area contributed by atoms with Crippen LogP contribution in [0.1, 0.15) is 49.3 Å². The van der Waals surface area contributed by atoms with Crippen LogP contribution in [0, 0.1) is 0 Å². The Morgan fingerprint density at radius 2 is 2.19 bits per heavy atom. The minimum Gasteiger partial charge on any atom is -0.480 e. The zero-order chi connectivity index (χ0) is 14.7. The summed E-state index contributed by atoms with van der Waals surface area (Å²) in [4.78, 5) is 13.3. The standard InChI is InChI=1S/C15H24N4O2/c20-15(21)13-10-19(7-6-16-13)9-12-8-17-18-14(12)11-4-2-1-3-5-11/h8,11,13,16H,1-7,9-10H2,(H,17,18)(H,20,21)/t13-/m1/s1. The number of nitrogens with one attached hydrogen (secondary N) is 2. The van der Waals surface area contributed by atoms with E-state index < -0.39 is 12.0 Å². The third-order valence-corrected chi connectivity index (χ3v) is 4.72. The summed E-state index contributed by atoms with van der Waals surface area (Å²) in [5.74, 6) is -0.158. The van der Waals surface area contributed by atoms with Gasteiger partial charge in [0.15, 0.2) is 0 Å². The lowest BCUT2D eigenvalue weighted by Gasteiger charge is -2.32. The molecule has 1 aliphatic heterocycles. The average molecular weight is 292 g/mol. The molecule has 2 heterocycles. The van der Waals surface area contributed by atoms with Gasteiger partial charge in [-0.15, -0.1) is 0 Å². The number of carbonyl (C=O) groups is 1. The summed E-state index contributed by atoms with van der Waals surface area (Å²) in [6.45, 7) is 2.98. The number of aromatic nitrogens is 2. The molecule has 1 saturated carbocycles. The lowest BCUT2D eigenvalue weighted by atomic mass is 9.85. The van der Waals surface area contributed by atoms with E-state index in [4.69, 9.17) is 5.11 Å². The van der Waals surface area contributed by atoms with Crippen molar-refractivity contribution in [3.63, 3.8) is 0 Å². The van der Waals surface area contributed by atoms with Gasteiger partial charge in [-0.25, -0.2) is 0 Å². The van der Waals surface area contributed by atoms with E-state index in [1.807, 2.05) is 6.20 Å². The maximum Gasteiger partial charge on any atom is 0.322 e. The van der Waals surface area contributed by atoms with E-state index in [0.717, 1.165) is 19.6 Å². The van der Waals surface area contributed by atoms with Crippen LogP contribution in [-0.2, 0) is 11.3 Å². The predicted molar refractivity (Wildman–Crippen MR) is 79.1 cm³/mol. The molecule has 21 heavy (non-hydrogen) atoms. The van der Waals surface area contributed by atoms with Crippen molar-refractivity contribution in [2.24, 2.45) is 0 Å². The molecule has 1 saturated heterocycles. The van der Waals surface area contributed by atoms with E-state index in [1.165, 1.54) is 43.4 Å². The molecule has 0 amide bonds. The van der Waals surface area contributed by atoms with Crippen LogP contribution in [0.5, 0.6) is 0 Å². The molecule has 116 valence electrons. The van der Waals surface area contributed by atoms with Gasteiger partial charge in [0.1, 0.15) is 6.04 Å². The highest BCUT2D eigenvalue weighted by molar-refractivity contribution is 5.73. The number of piperazine rings is 1. The second-order valence-electron chi connectivity index (χ2n) is 6.22. The van der Waals surface area contributed by atoms with Crippen LogP contribution in [0.15, 0.2) is 6.20 Å². The number of carboxylic acids is 1. The maximum atomic E-state index is 11.1. The number of hydrogen-bond donors (Lipinski definition) is 3. The summed E-state index contributed by atoms with van der Waals surface area (Å²) in [5, 5.41) is 19.6. The fraction of sp³-hybridized carbons (Fsp3) is 0.733. The number of aliphatic carboxylic acids is 1. The molecule has 1 aromatic heterocycles. The minimum absolute atomic E-state index is 0.455. The van der Waals surface area contributed by atoms with Crippen LogP contribution in [-0.4, -0.2) is 51.8 Å². The van der Waals surface area contributed by atoms with Gasteiger partial charge in [-0.05, 0) is 12.8 Å². The second kappa shape index (κ2) is 6.58. The molecule has 0 bridgehead atoms. The van der Waals surface area contributed by atoms with Crippen LogP contribution in [0.25, 0.3) is 0 Å². The molecule has 0 spiro atoms. The zero-order valence-corrected chi connectivity index (χ0v) is 12.3. The maximum absolute atomic E-state index is 11.1. The van der Waals surface area contributed by atoms with Crippen molar-refractivity contribution in [1.29, 1.82) is 0 Å². The highest BCUT2D eigenvalue weighted by atomic mass is 16.4. The van der Waals surface area contributed by atoms with E-state index in [1.54, 1.807) is 0 Å². The van der Waals surface area contributed by atoms with E-state index in [9.17, 15) is 4.79 Å². The SMILES string of the molecule is O=C(O)[C@H]1CN(Cc2cn[nH]c2C2CCCCC2)CCN1. The molecule has 3 rings (SSSR count). The summed E-state index contributed by atoms with van der Waals surface area (Å²) in [5.41, 5.74) is 2.52. The summed E-state index contributed by atoms with van der Waals surface area (Å²) < 4.78 is 0. The molecule has 0 aromatic carbocycles. The third-order valence-electron chi connectivity index (χ3n) is 4.72. The quantitative estimate of drug-likeness (QED) is 0.779. The first-order valence-corrected chi connectivity index (χ1v) is 7.94. The molecule has 0 unspecified atom stereocenters. The molecular formula is C15H24N4O2. The van der Waals surface area contributed by atoms with Crippen LogP contribution in [0.2, 0.25) is 0 Å². The fourth-order valence-electron chi connectivity index (χ4n) is 3.55. The van der Waals surface area contributed by atoms with Crippen LogP contribution >= 0.6 is 0 Å². The van der Waals surface area contributed by atoms with Crippen molar-refractivity contribution >= 4 is 5.97 Å². The van der Waals surface area contributed by atoms with Gasteiger partial charge in [0.25, 0.3) is 0 Å². The summed E-state index contributed by atoms with van der Waals surface area (Å²) in [6, 6.07) is -0.455. The molecule has 3 N–H and O–H groups in total. The van der Waals surface area contributed by atoms with Crippen molar-refractivity contribution < 1.29 is 9.90 Å². The monoisotopic (exact) mass is 292 g/mol. The molecule has 1 atom stereocenters. The molecule has 0 radical (unpaired) electrons. The Morgan fingerprint density at radius 3 is 2.95 bits per heavy atom. The largest absolute Gasteiger partial charge is 0.480 e. The van der Waals surface area contributed by atoms with Crippen molar-refractivity contribution in [1.82, 2.24) is 20.4 Å². The molecule has 2 aliphatic rings. The minimum atomic E-state index is -0.764. The number of rotatable bonds is 4. The third kappa shape index (κ3) is 3.44. The molecule has 6 nitrogen and oxygen atoms in total. The molecular weight excluding hydrogens is 268 g/mol. The average Bonchev–Trinajstić information content (AvgIpc) is 2.96. The predicted octanol–water partition coefficient (Wildman–Crippen LogP) is 1.32. The highest BCUT2D eigenvalue weighted by Crippen LogP contribution is 2.33. The van der Waals surface area contributed by atoms with Crippen LogP contribution in [0.3, 0.4) is 0 Å². The highest BCUT2D eigenvalue weighted by Gasteiger charge is 2.26. The lowest BCUT2D eigenvalue weighted by Crippen LogP contribution is -2.53. The first-order valence-electron chi connectivity index (χ1n) is 7.94. The normalized spacial score (nSPS) is 25.0. The second-order valence-corrected chi connectivity index (χ2v) is 6.22. The molecule has 1 aromatic rings. The first kappa shape index (κ1) is 14.5. The Balaban J connectivity index is 1.65. The zero-order valence-electron chi connectivity index (χ0n) is 12.3. The Labute approximate surface area is 124 Å². The Kier molecular flexibility index (Phi) is 4.55. The van der Waals surface area contributed by atoms with Crippen molar-refractivity contribution in [2.75, 3.05) is 19.6 Å². The smallest absolute Gasteiger partial charge is 0.322 e. The van der Waals surface area contributed by atoms with Crippen molar-refractivity contribution in [3.8, 4) is 0 Å². The first-order chi connectivity index (χ1) is 10.2. The van der Waals surface area contributed by atoms with Crippen LogP contribution < -0.4 is 5.32 Å². The molecule has 2 fully saturated rings. The topological polar surface area (TPSA) is 81.2 Å². The summed E-state index contributed by atoms with van der Waals surface area (Å²) in [7, 11) is 0. The molecule has 6 heteroatoms. The number of hydrogen-bond acceptors (Lipinski definition) is 4. The van der Waals surface area contributed by atoms with Crippen molar-refractivity contribution in [2.45, 2.75) is 50.6 Å². The van der Waals surface area contributed by atoms with E-state index in [2.05, 4.69) is 20.4 Å². The summed E-state index contributed by atoms with van der Waals surface area (Å²) >= 11 is 0. The van der Waals surface area contributed by atoms with Gasteiger partial charge in [-0.3, -0.25) is 14.8 Å². The van der Waals surface area contributed by atoms with E-state index >= 15 is 0 Å². The number of carboxylic acid groups (broad SMARTS) is 1. The van der Waals surface area contributed by atoms with E-state index in [-0.39, 0.29) is 0 Å². The number of H-pyrrole nitrogens is 1. The lowest BCUT2D eigenvalue weighted by molar-refractivity contribution is -0.140. The van der Waals surface area contributed by atoms with Crippen LogP contribution in [0.4, 0.5) is 0 Å². The van der Waals surface area contributed by atoms with Gasteiger partial charge in [-0.1, -0.05) is 19.3 Å². The number of nitrogens with zero attached hydrogens (tertiary/aromatic N) is 2. The summed E-state index contributed by atoms with van der Waals surface area (Å²) in [6.07, 6.45) is 8.36. The van der Waals surface area contributed by atoms with Gasteiger partial charge in [0.05, 0.1) is 6.20 Å². The fourth-order valence-corrected chi connectivity index (χ4v) is 3.55. The van der Waals surface area contributed by atoms with Gasteiger partial charge in [-0.2, -0.15) is 5.10 Å². The van der Waals surface area contributed by atoms with Gasteiger partial charge in [0, 0.05) is 43.4 Å². The molecule has 1 aliphatic carbocycles. The Hall–Kier alpha value is -1.40. The van der Waals surface area contributed by atoms with Crippen molar-refractivity contribution in [3.05, 3.63) is 17.5 Å². The van der Waals surface area contributed by atoms with Gasteiger partial charge < -0.3 is 10.4 Å². The van der Waals surface area contributed by atoms with Gasteiger partial charge >= 0.3 is 5.97 Å².